The van der Waals surface area contributed by atoms with Crippen molar-refractivity contribution in [2.75, 3.05) is 6.61 Å². The van der Waals surface area contributed by atoms with Crippen molar-refractivity contribution in [1.29, 1.82) is 0 Å². The van der Waals surface area contributed by atoms with E-state index >= 15 is 0 Å². The third-order valence-electron chi connectivity index (χ3n) is 4.03. The van der Waals surface area contributed by atoms with E-state index in [-0.39, 0.29) is 18.7 Å². The average molecular weight is 325 g/mol. The van der Waals surface area contributed by atoms with E-state index in [2.05, 4.69) is 5.32 Å². The predicted octanol–water partition coefficient (Wildman–Crippen LogP) is 1.98. The van der Waals surface area contributed by atoms with Gasteiger partial charge in [-0.15, -0.1) is 0 Å². The molecule has 0 bridgehead atoms. The molecule has 124 valence electrons. The molecule has 5 heteroatoms. The first-order chi connectivity index (χ1) is 11.6. The lowest BCUT2D eigenvalue weighted by Gasteiger charge is -2.15. The predicted molar refractivity (Wildman–Crippen MR) is 89.1 cm³/mol. The van der Waals surface area contributed by atoms with Gasteiger partial charge in [0.1, 0.15) is 11.8 Å². The van der Waals surface area contributed by atoms with Crippen LogP contribution in [0.1, 0.15) is 16.7 Å². The maximum absolute atomic E-state index is 12.2. The second-order valence-corrected chi connectivity index (χ2v) is 5.87. The van der Waals surface area contributed by atoms with Gasteiger partial charge in [0.2, 0.25) is 5.91 Å². The fourth-order valence-corrected chi connectivity index (χ4v) is 2.83. The molecule has 0 aromatic heterocycles. The number of carboxylic acid groups (broad SMARTS) is 1. The lowest BCUT2D eigenvalue weighted by molar-refractivity contribution is -0.141. The van der Waals surface area contributed by atoms with E-state index in [9.17, 15) is 14.7 Å². The summed E-state index contributed by atoms with van der Waals surface area (Å²) in [6.45, 7) is 0.670. The number of amides is 1. The van der Waals surface area contributed by atoms with E-state index in [1.165, 1.54) is 0 Å². The van der Waals surface area contributed by atoms with E-state index in [0.717, 1.165) is 28.9 Å². The zero-order chi connectivity index (χ0) is 16.9. The molecule has 0 fully saturated rings. The van der Waals surface area contributed by atoms with Crippen LogP contribution in [0.25, 0.3) is 0 Å². The standard InChI is InChI=1S/C19H19NO4/c21-18(12-14-6-7-17-15(10-14)8-9-24-17)20-16(19(22)23)11-13-4-2-1-3-5-13/h1-7,10,16H,8-9,11-12H2,(H,20,21)(H,22,23)/t16-/m0/s1. The minimum Gasteiger partial charge on any atom is -0.493 e. The van der Waals surface area contributed by atoms with E-state index < -0.39 is 12.0 Å². The van der Waals surface area contributed by atoms with Gasteiger partial charge in [-0.1, -0.05) is 42.5 Å². The smallest absolute Gasteiger partial charge is 0.326 e. The second-order valence-electron chi connectivity index (χ2n) is 5.87. The van der Waals surface area contributed by atoms with Crippen molar-refractivity contribution < 1.29 is 19.4 Å². The lowest BCUT2D eigenvalue weighted by atomic mass is 10.0. The molecule has 0 radical (unpaired) electrons. The molecule has 1 heterocycles. The summed E-state index contributed by atoms with van der Waals surface area (Å²) >= 11 is 0. The fraction of sp³-hybridized carbons (Fsp3) is 0.263. The SMILES string of the molecule is O=C(Cc1ccc2c(c1)CCO2)N[C@@H](Cc1ccccc1)C(=O)O. The zero-order valence-corrected chi connectivity index (χ0v) is 13.2. The van der Waals surface area contributed by atoms with Gasteiger partial charge in [-0.3, -0.25) is 4.79 Å². The molecule has 1 aliphatic rings. The van der Waals surface area contributed by atoms with Crippen molar-refractivity contribution in [2.45, 2.75) is 25.3 Å². The van der Waals surface area contributed by atoms with Crippen LogP contribution in [0.15, 0.2) is 48.5 Å². The molecule has 1 aliphatic heterocycles. The van der Waals surface area contributed by atoms with Crippen molar-refractivity contribution in [3.63, 3.8) is 0 Å². The molecular weight excluding hydrogens is 306 g/mol. The number of fused-ring (bicyclic) bond motifs is 1. The Balaban J connectivity index is 1.62. The van der Waals surface area contributed by atoms with Crippen LogP contribution in [0.5, 0.6) is 5.75 Å². The first kappa shape index (κ1) is 16.1. The molecule has 1 amide bonds. The first-order valence-corrected chi connectivity index (χ1v) is 7.92. The molecule has 0 spiro atoms. The third kappa shape index (κ3) is 3.93. The zero-order valence-electron chi connectivity index (χ0n) is 13.2. The van der Waals surface area contributed by atoms with Crippen molar-refractivity contribution >= 4 is 11.9 Å². The minimum absolute atomic E-state index is 0.159. The molecule has 0 unspecified atom stereocenters. The maximum Gasteiger partial charge on any atom is 0.326 e. The Labute approximate surface area is 140 Å². The van der Waals surface area contributed by atoms with Crippen LogP contribution in [0.4, 0.5) is 0 Å². The normalized spacial score (nSPS) is 13.7. The molecule has 0 saturated carbocycles. The van der Waals surface area contributed by atoms with Crippen LogP contribution in [0, 0.1) is 0 Å². The number of carboxylic acids is 1. The first-order valence-electron chi connectivity index (χ1n) is 7.92. The summed E-state index contributed by atoms with van der Waals surface area (Å²) in [5.74, 6) is -0.460. The van der Waals surface area contributed by atoms with Crippen molar-refractivity contribution in [1.82, 2.24) is 5.32 Å². The minimum atomic E-state index is -1.03. The Hall–Kier alpha value is -2.82. The number of ether oxygens (including phenoxy) is 1. The highest BCUT2D eigenvalue weighted by atomic mass is 16.5. The van der Waals surface area contributed by atoms with Crippen molar-refractivity contribution in [2.24, 2.45) is 0 Å². The molecule has 24 heavy (non-hydrogen) atoms. The molecule has 2 aromatic carbocycles. The van der Waals surface area contributed by atoms with Gasteiger partial charge in [0.25, 0.3) is 0 Å². The van der Waals surface area contributed by atoms with E-state index in [4.69, 9.17) is 4.74 Å². The topological polar surface area (TPSA) is 75.6 Å². The van der Waals surface area contributed by atoms with Crippen LogP contribution in [-0.4, -0.2) is 29.6 Å². The highest BCUT2D eigenvalue weighted by Gasteiger charge is 2.21. The Kier molecular flexibility index (Phi) is 4.79. The summed E-state index contributed by atoms with van der Waals surface area (Å²) in [4.78, 5) is 23.6. The molecule has 1 atom stereocenters. The largest absolute Gasteiger partial charge is 0.493 e. The quantitative estimate of drug-likeness (QED) is 0.851. The van der Waals surface area contributed by atoms with Gasteiger partial charge in [0, 0.05) is 12.8 Å². The number of hydrogen-bond donors (Lipinski definition) is 2. The number of nitrogens with one attached hydrogen (secondary N) is 1. The summed E-state index contributed by atoms with van der Waals surface area (Å²) in [6.07, 6.45) is 1.27. The number of carbonyl (C=O) groups excluding carboxylic acids is 1. The van der Waals surface area contributed by atoms with Crippen LogP contribution in [0.2, 0.25) is 0 Å². The van der Waals surface area contributed by atoms with Gasteiger partial charge in [-0.2, -0.15) is 0 Å². The summed E-state index contributed by atoms with van der Waals surface area (Å²) < 4.78 is 5.44. The Morgan fingerprint density at radius 2 is 1.92 bits per heavy atom. The maximum atomic E-state index is 12.2. The Bertz CT molecular complexity index is 742. The molecule has 2 aromatic rings. The Morgan fingerprint density at radius 1 is 1.12 bits per heavy atom. The number of hydrogen-bond acceptors (Lipinski definition) is 3. The van der Waals surface area contributed by atoms with E-state index in [1.807, 2.05) is 48.5 Å². The van der Waals surface area contributed by atoms with Crippen LogP contribution < -0.4 is 10.1 Å². The van der Waals surface area contributed by atoms with E-state index in [1.54, 1.807) is 0 Å². The highest BCUT2D eigenvalue weighted by molar-refractivity contribution is 5.85. The van der Waals surface area contributed by atoms with Gasteiger partial charge < -0.3 is 15.2 Å². The van der Waals surface area contributed by atoms with Gasteiger partial charge >= 0.3 is 5.97 Å². The summed E-state index contributed by atoms with van der Waals surface area (Å²) in [6, 6.07) is 14.0. The van der Waals surface area contributed by atoms with Crippen molar-refractivity contribution in [3.8, 4) is 5.75 Å². The summed E-state index contributed by atoms with van der Waals surface area (Å²) in [5, 5.41) is 12.0. The average Bonchev–Trinajstić information content (AvgIpc) is 3.02. The van der Waals surface area contributed by atoms with Gasteiger partial charge in [0.15, 0.2) is 0 Å². The number of carbonyl (C=O) groups is 2. The van der Waals surface area contributed by atoms with Crippen LogP contribution >= 0.6 is 0 Å². The molecule has 0 saturated heterocycles. The molecule has 5 nitrogen and oxygen atoms in total. The third-order valence-corrected chi connectivity index (χ3v) is 4.03. The fourth-order valence-electron chi connectivity index (χ4n) is 2.83. The van der Waals surface area contributed by atoms with Crippen molar-refractivity contribution in [3.05, 3.63) is 65.2 Å². The number of rotatable bonds is 6. The molecular formula is C19H19NO4. The molecule has 0 aliphatic carbocycles. The number of aliphatic carboxylic acids is 1. The Morgan fingerprint density at radius 3 is 2.67 bits per heavy atom. The number of benzene rings is 2. The van der Waals surface area contributed by atoms with Gasteiger partial charge in [-0.05, 0) is 22.8 Å². The lowest BCUT2D eigenvalue weighted by Crippen LogP contribution is -2.43. The van der Waals surface area contributed by atoms with Crippen LogP contribution in [0.3, 0.4) is 0 Å². The molecule has 2 N–H and O–H groups in total. The summed E-state index contributed by atoms with van der Waals surface area (Å²) in [5.41, 5.74) is 2.83. The van der Waals surface area contributed by atoms with Crippen LogP contribution in [-0.2, 0) is 28.9 Å². The van der Waals surface area contributed by atoms with E-state index in [0.29, 0.717) is 6.61 Å². The molecule has 3 rings (SSSR count). The monoisotopic (exact) mass is 325 g/mol. The second kappa shape index (κ2) is 7.17. The summed E-state index contributed by atoms with van der Waals surface area (Å²) in [7, 11) is 0. The highest BCUT2D eigenvalue weighted by Crippen LogP contribution is 2.25. The van der Waals surface area contributed by atoms with Gasteiger partial charge in [-0.25, -0.2) is 4.79 Å². The van der Waals surface area contributed by atoms with Gasteiger partial charge in [0.05, 0.1) is 13.0 Å².